The van der Waals surface area contributed by atoms with Crippen LogP contribution in [0.5, 0.6) is 5.75 Å². The van der Waals surface area contributed by atoms with Gasteiger partial charge in [0, 0.05) is 12.5 Å². The van der Waals surface area contributed by atoms with E-state index in [2.05, 4.69) is 0 Å². The first-order valence-corrected chi connectivity index (χ1v) is 6.26. The number of carboxylic acids is 1. The van der Waals surface area contributed by atoms with Gasteiger partial charge in [-0.2, -0.15) is 0 Å². The highest BCUT2D eigenvalue weighted by Crippen LogP contribution is 2.27. The van der Waals surface area contributed by atoms with E-state index in [1.54, 1.807) is 19.1 Å². The van der Waals surface area contributed by atoms with Gasteiger partial charge in [0.15, 0.2) is 11.6 Å². The number of aliphatic carboxylic acids is 1. The average molecular weight is 269 g/mol. The van der Waals surface area contributed by atoms with Crippen LogP contribution in [-0.4, -0.2) is 36.7 Å². The Morgan fingerprint density at radius 3 is 2.63 bits per heavy atom. The standard InChI is InChI=1S/C14H20FNO3/c1-4-19-13-7-5-10(9-11(13)15)12(16(2)3)6-8-14(17)18/h5,7,9,12H,4,6,8H2,1-3H3,(H,17,18). The van der Waals surface area contributed by atoms with Crippen molar-refractivity contribution in [3.05, 3.63) is 29.6 Å². The maximum absolute atomic E-state index is 13.8. The summed E-state index contributed by atoms with van der Waals surface area (Å²) in [7, 11) is 3.70. The van der Waals surface area contributed by atoms with E-state index < -0.39 is 11.8 Å². The van der Waals surface area contributed by atoms with Crippen LogP contribution in [0.3, 0.4) is 0 Å². The van der Waals surface area contributed by atoms with Crippen LogP contribution in [0.4, 0.5) is 4.39 Å². The van der Waals surface area contributed by atoms with Crippen LogP contribution in [0.25, 0.3) is 0 Å². The molecule has 0 amide bonds. The number of ether oxygens (including phenoxy) is 1. The molecule has 1 N–H and O–H groups in total. The summed E-state index contributed by atoms with van der Waals surface area (Å²) in [5, 5.41) is 8.75. The van der Waals surface area contributed by atoms with Crippen molar-refractivity contribution in [3.63, 3.8) is 0 Å². The van der Waals surface area contributed by atoms with E-state index in [-0.39, 0.29) is 18.2 Å². The molecule has 0 aliphatic heterocycles. The molecule has 19 heavy (non-hydrogen) atoms. The molecule has 0 fully saturated rings. The lowest BCUT2D eigenvalue weighted by Gasteiger charge is -2.24. The van der Waals surface area contributed by atoms with Crippen LogP contribution >= 0.6 is 0 Å². The second kappa shape index (κ2) is 7.09. The molecule has 0 heterocycles. The summed E-state index contributed by atoms with van der Waals surface area (Å²) < 4.78 is 18.9. The van der Waals surface area contributed by atoms with Gasteiger partial charge in [-0.05, 0) is 45.1 Å². The van der Waals surface area contributed by atoms with E-state index in [4.69, 9.17) is 9.84 Å². The molecule has 4 nitrogen and oxygen atoms in total. The Morgan fingerprint density at radius 1 is 1.47 bits per heavy atom. The van der Waals surface area contributed by atoms with Gasteiger partial charge in [0.05, 0.1) is 6.61 Å². The molecule has 106 valence electrons. The van der Waals surface area contributed by atoms with Crippen LogP contribution in [0.15, 0.2) is 18.2 Å². The van der Waals surface area contributed by atoms with E-state index in [0.717, 1.165) is 5.56 Å². The Bertz CT molecular complexity index is 435. The molecule has 1 aromatic rings. The monoisotopic (exact) mass is 269 g/mol. The zero-order valence-corrected chi connectivity index (χ0v) is 11.5. The van der Waals surface area contributed by atoms with E-state index in [0.29, 0.717) is 13.0 Å². The molecule has 0 saturated carbocycles. The summed E-state index contributed by atoms with van der Waals surface area (Å²) >= 11 is 0. The number of rotatable bonds is 7. The highest BCUT2D eigenvalue weighted by atomic mass is 19.1. The van der Waals surface area contributed by atoms with Crippen molar-refractivity contribution in [3.8, 4) is 5.75 Å². The molecule has 5 heteroatoms. The summed E-state index contributed by atoms with van der Waals surface area (Å²) in [6.45, 7) is 2.20. The van der Waals surface area contributed by atoms with Gasteiger partial charge in [-0.25, -0.2) is 4.39 Å². The first kappa shape index (κ1) is 15.4. The fraction of sp³-hybridized carbons (Fsp3) is 0.500. The summed E-state index contributed by atoms with van der Waals surface area (Å²) in [6.07, 6.45) is 0.493. The third-order valence-electron chi connectivity index (χ3n) is 2.90. The smallest absolute Gasteiger partial charge is 0.303 e. The highest BCUT2D eigenvalue weighted by molar-refractivity contribution is 5.66. The molecule has 0 aliphatic carbocycles. The van der Waals surface area contributed by atoms with Crippen molar-refractivity contribution in [2.24, 2.45) is 0 Å². The van der Waals surface area contributed by atoms with Crippen molar-refractivity contribution >= 4 is 5.97 Å². The first-order valence-electron chi connectivity index (χ1n) is 6.26. The predicted molar refractivity (Wildman–Crippen MR) is 70.9 cm³/mol. The molecule has 1 atom stereocenters. The zero-order valence-electron chi connectivity index (χ0n) is 11.5. The third kappa shape index (κ3) is 4.52. The fourth-order valence-electron chi connectivity index (χ4n) is 1.98. The third-order valence-corrected chi connectivity index (χ3v) is 2.90. The van der Waals surface area contributed by atoms with Gasteiger partial charge < -0.3 is 14.7 Å². The van der Waals surface area contributed by atoms with E-state index >= 15 is 0 Å². The maximum Gasteiger partial charge on any atom is 0.303 e. The van der Waals surface area contributed by atoms with Gasteiger partial charge in [0.25, 0.3) is 0 Å². The van der Waals surface area contributed by atoms with Gasteiger partial charge in [-0.1, -0.05) is 6.07 Å². The maximum atomic E-state index is 13.8. The van der Waals surface area contributed by atoms with Gasteiger partial charge in [0.1, 0.15) is 0 Å². The second-order valence-electron chi connectivity index (χ2n) is 4.53. The molecule has 1 aromatic carbocycles. The van der Waals surface area contributed by atoms with E-state index in [1.807, 2.05) is 19.0 Å². The summed E-state index contributed by atoms with van der Waals surface area (Å²) in [6, 6.07) is 4.66. The van der Waals surface area contributed by atoms with E-state index in [1.165, 1.54) is 6.07 Å². The number of halogens is 1. The number of hydrogen-bond donors (Lipinski definition) is 1. The molecular formula is C14H20FNO3. The Hall–Kier alpha value is -1.62. The molecule has 0 bridgehead atoms. The number of nitrogens with zero attached hydrogens (tertiary/aromatic N) is 1. The normalized spacial score (nSPS) is 12.5. The Morgan fingerprint density at radius 2 is 2.16 bits per heavy atom. The van der Waals surface area contributed by atoms with Crippen molar-refractivity contribution in [2.75, 3.05) is 20.7 Å². The van der Waals surface area contributed by atoms with Crippen LogP contribution in [0, 0.1) is 5.82 Å². The van der Waals surface area contributed by atoms with Crippen LogP contribution in [-0.2, 0) is 4.79 Å². The quantitative estimate of drug-likeness (QED) is 0.827. The minimum absolute atomic E-state index is 0.0533. The first-order chi connectivity index (χ1) is 8.95. The van der Waals surface area contributed by atoms with Gasteiger partial charge >= 0.3 is 5.97 Å². The van der Waals surface area contributed by atoms with Gasteiger partial charge in [0.2, 0.25) is 0 Å². The van der Waals surface area contributed by atoms with Gasteiger partial charge in [-0.3, -0.25) is 4.79 Å². The van der Waals surface area contributed by atoms with Crippen molar-refractivity contribution in [2.45, 2.75) is 25.8 Å². The molecule has 0 aromatic heterocycles. The Labute approximate surface area is 112 Å². The van der Waals surface area contributed by atoms with Crippen molar-refractivity contribution in [1.29, 1.82) is 0 Å². The molecular weight excluding hydrogens is 249 g/mol. The van der Waals surface area contributed by atoms with Crippen LogP contribution in [0.1, 0.15) is 31.4 Å². The zero-order chi connectivity index (χ0) is 14.4. The average Bonchev–Trinajstić information content (AvgIpc) is 2.32. The number of carbonyl (C=O) groups is 1. The lowest BCUT2D eigenvalue weighted by atomic mass is 10.0. The fourth-order valence-corrected chi connectivity index (χ4v) is 1.98. The topological polar surface area (TPSA) is 49.8 Å². The Kier molecular flexibility index (Phi) is 5.76. The Balaban J connectivity index is 2.90. The lowest BCUT2D eigenvalue weighted by Crippen LogP contribution is -2.21. The molecule has 1 rings (SSSR count). The number of hydrogen-bond acceptors (Lipinski definition) is 3. The summed E-state index contributed by atoms with van der Waals surface area (Å²) in [4.78, 5) is 12.5. The highest BCUT2D eigenvalue weighted by Gasteiger charge is 2.17. The van der Waals surface area contributed by atoms with Gasteiger partial charge in [-0.15, -0.1) is 0 Å². The molecule has 0 saturated heterocycles. The SMILES string of the molecule is CCOc1ccc(C(CCC(=O)O)N(C)C)cc1F. The van der Waals surface area contributed by atoms with Crippen LogP contribution < -0.4 is 4.74 Å². The minimum atomic E-state index is -0.849. The predicted octanol–water partition coefficient (Wildman–Crippen LogP) is 2.69. The minimum Gasteiger partial charge on any atom is -0.491 e. The molecule has 0 aliphatic rings. The van der Waals surface area contributed by atoms with Crippen molar-refractivity contribution < 1.29 is 19.0 Å². The van der Waals surface area contributed by atoms with Crippen LogP contribution in [0.2, 0.25) is 0 Å². The lowest BCUT2D eigenvalue weighted by molar-refractivity contribution is -0.137. The molecule has 0 spiro atoms. The second-order valence-corrected chi connectivity index (χ2v) is 4.53. The summed E-state index contributed by atoms with van der Waals surface area (Å²) in [5.41, 5.74) is 0.757. The largest absolute Gasteiger partial charge is 0.491 e. The van der Waals surface area contributed by atoms with E-state index in [9.17, 15) is 9.18 Å². The number of carboxylic acid groups (broad SMARTS) is 1. The summed E-state index contributed by atoms with van der Waals surface area (Å²) in [5.74, 6) is -1.04. The number of benzene rings is 1. The molecule has 1 unspecified atom stereocenters. The van der Waals surface area contributed by atoms with Crippen molar-refractivity contribution in [1.82, 2.24) is 4.90 Å². The molecule has 0 radical (unpaired) electrons.